The number of hydrogen-bond donors (Lipinski definition) is 2. The number of carbonyl (C=O) groups excluding carboxylic acids is 1. The fourth-order valence-electron chi connectivity index (χ4n) is 1.42. The van der Waals surface area contributed by atoms with Crippen molar-refractivity contribution in [2.24, 2.45) is 0 Å². The Labute approximate surface area is 95.3 Å². The van der Waals surface area contributed by atoms with Crippen molar-refractivity contribution in [3.63, 3.8) is 0 Å². The standard InChI is InChI=1S/C11H19NO2S/c1-9(13)2-5-12-11(14)8-10-3-6-15-7-4-10/h8-9,13H,2-7H2,1H3,(H,12,14). The molecule has 1 heterocycles. The number of nitrogens with one attached hydrogen (secondary N) is 1. The van der Waals surface area contributed by atoms with Gasteiger partial charge in [-0.2, -0.15) is 11.8 Å². The van der Waals surface area contributed by atoms with Crippen LogP contribution in [0, 0.1) is 0 Å². The summed E-state index contributed by atoms with van der Waals surface area (Å²) >= 11 is 1.94. The van der Waals surface area contributed by atoms with Crippen LogP contribution in [-0.4, -0.2) is 35.2 Å². The Morgan fingerprint density at radius 1 is 1.60 bits per heavy atom. The highest BCUT2D eigenvalue weighted by Crippen LogP contribution is 2.21. The van der Waals surface area contributed by atoms with Crippen molar-refractivity contribution >= 4 is 17.7 Å². The number of amides is 1. The molecule has 0 radical (unpaired) electrons. The van der Waals surface area contributed by atoms with Gasteiger partial charge in [0.1, 0.15) is 0 Å². The molecule has 1 atom stereocenters. The smallest absolute Gasteiger partial charge is 0.243 e. The minimum absolute atomic E-state index is 0.0162. The summed E-state index contributed by atoms with van der Waals surface area (Å²) in [6, 6.07) is 0. The summed E-state index contributed by atoms with van der Waals surface area (Å²) < 4.78 is 0. The van der Waals surface area contributed by atoms with Crippen LogP contribution in [0.4, 0.5) is 0 Å². The zero-order valence-corrected chi connectivity index (χ0v) is 9.98. The number of aliphatic hydroxyl groups excluding tert-OH is 1. The van der Waals surface area contributed by atoms with Gasteiger partial charge in [-0.15, -0.1) is 0 Å². The molecule has 2 N–H and O–H groups in total. The van der Waals surface area contributed by atoms with Gasteiger partial charge in [0.15, 0.2) is 0 Å². The minimum atomic E-state index is -0.343. The molecule has 1 amide bonds. The first-order valence-corrected chi connectivity index (χ1v) is 6.57. The van der Waals surface area contributed by atoms with Crippen LogP contribution in [0.15, 0.2) is 11.6 Å². The summed E-state index contributed by atoms with van der Waals surface area (Å²) in [5, 5.41) is 11.8. The van der Waals surface area contributed by atoms with E-state index in [-0.39, 0.29) is 12.0 Å². The zero-order valence-electron chi connectivity index (χ0n) is 9.16. The van der Waals surface area contributed by atoms with Crippen LogP contribution in [0.1, 0.15) is 26.2 Å². The molecule has 1 rings (SSSR count). The molecule has 15 heavy (non-hydrogen) atoms. The van der Waals surface area contributed by atoms with Crippen molar-refractivity contribution in [3.8, 4) is 0 Å². The van der Waals surface area contributed by atoms with Gasteiger partial charge in [-0.05, 0) is 37.7 Å². The topological polar surface area (TPSA) is 49.3 Å². The van der Waals surface area contributed by atoms with Gasteiger partial charge in [0, 0.05) is 12.6 Å². The lowest BCUT2D eigenvalue weighted by Gasteiger charge is -2.13. The molecular weight excluding hydrogens is 210 g/mol. The van der Waals surface area contributed by atoms with E-state index in [2.05, 4.69) is 5.32 Å². The highest BCUT2D eigenvalue weighted by atomic mass is 32.2. The molecule has 1 unspecified atom stereocenters. The van der Waals surface area contributed by atoms with Crippen LogP contribution in [0.2, 0.25) is 0 Å². The fourth-order valence-corrected chi connectivity index (χ4v) is 2.44. The molecule has 0 aliphatic carbocycles. The van der Waals surface area contributed by atoms with Crippen LogP contribution in [0.3, 0.4) is 0 Å². The van der Waals surface area contributed by atoms with E-state index in [1.165, 1.54) is 5.57 Å². The van der Waals surface area contributed by atoms with Gasteiger partial charge < -0.3 is 10.4 Å². The molecule has 1 aliphatic rings. The fraction of sp³-hybridized carbons (Fsp3) is 0.727. The second kappa shape index (κ2) is 6.90. The van der Waals surface area contributed by atoms with Crippen molar-refractivity contribution in [2.75, 3.05) is 18.1 Å². The summed E-state index contributed by atoms with van der Waals surface area (Å²) in [5.41, 5.74) is 1.25. The molecule has 0 aromatic carbocycles. The van der Waals surface area contributed by atoms with Crippen LogP contribution >= 0.6 is 11.8 Å². The second-order valence-corrected chi connectivity index (χ2v) is 5.07. The maximum Gasteiger partial charge on any atom is 0.243 e. The van der Waals surface area contributed by atoms with Crippen LogP contribution in [-0.2, 0) is 4.79 Å². The zero-order chi connectivity index (χ0) is 11.1. The van der Waals surface area contributed by atoms with Gasteiger partial charge >= 0.3 is 0 Å². The number of thioether (sulfide) groups is 1. The lowest BCUT2D eigenvalue weighted by Crippen LogP contribution is -2.25. The number of hydrogen-bond acceptors (Lipinski definition) is 3. The maximum absolute atomic E-state index is 11.4. The first-order valence-electron chi connectivity index (χ1n) is 5.41. The SMILES string of the molecule is CC(O)CCNC(=O)C=C1CCSCC1. The van der Waals surface area contributed by atoms with Crippen LogP contribution < -0.4 is 5.32 Å². The third-order valence-electron chi connectivity index (χ3n) is 2.33. The van der Waals surface area contributed by atoms with E-state index in [0.29, 0.717) is 13.0 Å². The summed E-state index contributed by atoms with van der Waals surface area (Å²) in [6.07, 6.45) is 4.07. The summed E-state index contributed by atoms with van der Waals surface area (Å²) in [4.78, 5) is 11.4. The Morgan fingerprint density at radius 3 is 2.87 bits per heavy atom. The van der Waals surface area contributed by atoms with E-state index in [0.717, 1.165) is 24.3 Å². The quantitative estimate of drug-likeness (QED) is 0.715. The highest BCUT2D eigenvalue weighted by molar-refractivity contribution is 7.99. The Morgan fingerprint density at radius 2 is 2.27 bits per heavy atom. The molecule has 1 fully saturated rings. The van der Waals surface area contributed by atoms with E-state index < -0.39 is 0 Å². The molecular formula is C11H19NO2S. The Kier molecular flexibility index (Phi) is 5.79. The van der Waals surface area contributed by atoms with E-state index >= 15 is 0 Å². The molecule has 0 aromatic rings. The van der Waals surface area contributed by atoms with E-state index in [9.17, 15) is 4.79 Å². The first-order chi connectivity index (χ1) is 7.18. The highest BCUT2D eigenvalue weighted by Gasteiger charge is 2.07. The van der Waals surface area contributed by atoms with Crippen molar-refractivity contribution in [2.45, 2.75) is 32.3 Å². The van der Waals surface area contributed by atoms with Gasteiger partial charge in [-0.25, -0.2) is 0 Å². The average Bonchev–Trinajstić information content (AvgIpc) is 2.18. The third-order valence-corrected chi connectivity index (χ3v) is 3.32. The number of allylic oxidation sites excluding steroid dienone is 1. The lowest BCUT2D eigenvalue weighted by atomic mass is 10.1. The van der Waals surface area contributed by atoms with Crippen molar-refractivity contribution in [3.05, 3.63) is 11.6 Å². The van der Waals surface area contributed by atoms with Gasteiger partial charge in [-0.3, -0.25) is 4.79 Å². The van der Waals surface area contributed by atoms with Gasteiger partial charge in [-0.1, -0.05) is 5.57 Å². The molecule has 3 nitrogen and oxygen atoms in total. The van der Waals surface area contributed by atoms with Crippen molar-refractivity contribution in [1.29, 1.82) is 0 Å². The van der Waals surface area contributed by atoms with Crippen LogP contribution in [0.25, 0.3) is 0 Å². The average molecular weight is 229 g/mol. The third kappa shape index (κ3) is 5.85. The first kappa shape index (κ1) is 12.6. The number of carbonyl (C=O) groups is 1. The number of aliphatic hydroxyl groups is 1. The molecule has 0 saturated carbocycles. The van der Waals surface area contributed by atoms with E-state index in [4.69, 9.17) is 5.11 Å². The number of rotatable bonds is 4. The molecule has 1 aliphatic heterocycles. The second-order valence-electron chi connectivity index (χ2n) is 3.84. The molecule has 86 valence electrons. The Bertz CT molecular complexity index is 231. The Balaban J connectivity index is 2.21. The van der Waals surface area contributed by atoms with Gasteiger partial charge in [0.2, 0.25) is 5.91 Å². The van der Waals surface area contributed by atoms with Crippen LogP contribution in [0.5, 0.6) is 0 Å². The normalized spacial score (nSPS) is 18.4. The summed E-state index contributed by atoms with van der Waals surface area (Å²) in [6.45, 7) is 2.28. The predicted octanol–water partition coefficient (Wildman–Crippen LogP) is 1.33. The van der Waals surface area contributed by atoms with Gasteiger partial charge in [0.25, 0.3) is 0 Å². The monoisotopic (exact) mass is 229 g/mol. The van der Waals surface area contributed by atoms with Crippen molar-refractivity contribution in [1.82, 2.24) is 5.32 Å². The molecule has 0 spiro atoms. The molecule has 0 bridgehead atoms. The predicted molar refractivity (Wildman–Crippen MR) is 63.9 cm³/mol. The molecule has 0 aromatic heterocycles. The minimum Gasteiger partial charge on any atom is -0.393 e. The van der Waals surface area contributed by atoms with Crippen molar-refractivity contribution < 1.29 is 9.90 Å². The maximum atomic E-state index is 11.4. The Hall–Kier alpha value is -0.480. The summed E-state index contributed by atoms with van der Waals surface area (Å²) in [5.74, 6) is 2.25. The van der Waals surface area contributed by atoms with Gasteiger partial charge in [0.05, 0.1) is 6.10 Å². The van der Waals surface area contributed by atoms with E-state index in [1.54, 1.807) is 13.0 Å². The van der Waals surface area contributed by atoms with E-state index in [1.807, 2.05) is 11.8 Å². The summed E-state index contributed by atoms with van der Waals surface area (Å²) in [7, 11) is 0. The molecule has 4 heteroatoms. The lowest BCUT2D eigenvalue weighted by molar-refractivity contribution is -0.116. The largest absolute Gasteiger partial charge is 0.393 e. The molecule has 1 saturated heterocycles.